The molecule has 4 atom stereocenters. The molecule has 5 heteroatoms. The summed E-state index contributed by atoms with van der Waals surface area (Å²) in [5.41, 5.74) is 2.52. The highest BCUT2D eigenvalue weighted by atomic mass is 16.5. The molecule has 5 nitrogen and oxygen atoms in total. The van der Waals surface area contributed by atoms with Gasteiger partial charge >= 0.3 is 12.1 Å². The molecule has 26 heavy (non-hydrogen) atoms. The minimum absolute atomic E-state index is 0.0337. The Morgan fingerprint density at radius 1 is 1.27 bits per heavy atom. The molecule has 2 fully saturated rings. The van der Waals surface area contributed by atoms with Gasteiger partial charge in [0.25, 0.3) is 0 Å². The summed E-state index contributed by atoms with van der Waals surface area (Å²) < 4.78 is 10.8. The summed E-state index contributed by atoms with van der Waals surface area (Å²) in [7, 11) is 1.37. The van der Waals surface area contributed by atoms with E-state index in [4.69, 9.17) is 15.9 Å². The second-order valence-electron chi connectivity index (χ2n) is 7.22. The molecular formula is C21H25NO4. The van der Waals surface area contributed by atoms with Gasteiger partial charge in [0, 0.05) is 12.0 Å². The van der Waals surface area contributed by atoms with Crippen molar-refractivity contribution in [1.82, 2.24) is 4.90 Å². The summed E-state index contributed by atoms with van der Waals surface area (Å²) in [4.78, 5) is 26.6. The van der Waals surface area contributed by atoms with Gasteiger partial charge in [-0.05, 0) is 51.2 Å². The summed E-state index contributed by atoms with van der Waals surface area (Å²) in [6, 6.07) is 5.42. The van der Waals surface area contributed by atoms with Crippen LogP contribution >= 0.6 is 0 Å². The molecule has 0 bridgehead atoms. The molecule has 2 aliphatic rings. The number of benzene rings is 1. The maximum absolute atomic E-state index is 12.7. The van der Waals surface area contributed by atoms with E-state index in [2.05, 4.69) is 5.92 Å². The molecule has 1 aliphatic heterocycles. The Kier molecular flexibility index (Phi) is 5.22. The van der Waals surface area contributed by atoms with E-state index >= 15 is 0 Å². The minimum atomic E-state index is -0.401. The molecule has 1 unspecified atom stereocenters. The fraction of sp³-hybridized carbons (Fsp3) is 0.524. The molecule has 0 aromatic heterocycles. The number of rotatable bonds is 2. The molecule has 1 saturated heterocycles. The number of methoxy groups -OCH3 is 1. The van der Waals surface area contributed by atoms with Crippen LogP contribution in [0.25, 0.3) is 0 Å². The van der Waals surface area contributed by atoms with Gasteiger partial charge in [-0.2, -0.15) is 0 Å². The number of nitrogens with zero attached hydrogens (tertiary/aromatic N) is 1. The Bertz CT molecular complexity index is 751. The zero-order chi connectivity index (χ0) is 18.8. The Morgan fingerprint density at radius 3 is 2.73 bits per heavy atom. The van der Waals surface area contributed by atoms with E-state index in [0.717, 1.165) is 30.4 Å². The minimum Gasteiger partial charge on any atom is -0.458 e. The smallest absolute Gasteiger partial charge is 0.410 e. The maximum atomic E-state index is 12.7. The third kappa shape index (κ3) is 3.29. The van der Waals surface area contributed by atoms with E-state index in [1.807, 2.05) is 32.0 Å². The van der Waals surface area contributed by atoms with Crippen LogP contribution in [0.4, 0.5) is 4.79 Å². The number of amides is 1. The molecule has 1 heterocycles. The number of fused-ring (bicyclic) bond motifs is 1. The molecule has 1 aliphatic carbocycles. The van der Waals surface area contributed by atoms with Crippen molar-refractivity contribution in [3.63, 3.8) is 0 Å². The number of carbonyl (C=O) groups excluding carboxylic acids is 2. The predicted molar refractivity (Wildman–Crippen MR) is 97.7 cm³/mol. The largest absolute Gasteiger partial charge is 0.458 e. The van der Waals surface area contributed by atoms with Gasteiger partial charge in [0.2, 0.25) is 0 Å². The molecule has 1 saturated carbocycles. The first kappa shape index (κ1) is 18.3. The van der Waals surface area contributed by atoms with Gasteiger partial charge in [0.1, 0.15) is 6.10 Å². The van der Waals surface area contributed by atoms with Crippen molar-refractivity contribution in [2.75, 3.05) is 7.11 Å². The topological polar surface area (TPSA) is 55.8 Å². The molecule has 0 radical (unpaired) electrons. The first-order valence-electron chi connectivity index (χ1n) is 9.07. The molecule has 1 aromatic carbocycles. The lowest BCUT2D eigenvalue weighted by atomic mass is 9.82. The summed E-state index contributed by atoms with van der Waals surface area (Å²) in [5, 5.41) is 0. The fourth-order valence-electron chi connectivity index (χ4n) is 4.28. The van der Waals surface area contributed by atoms with Crippen LogP contribution in [0.3, 0.4) is 0 Å². The summed E-state index contributed by atoms with van der Waals surface area (Å²) in [6.45, 7) is 3.86. The van der Waals surface area contributed by atoms with Crippen molar-refractivity contribution >= 4 is 12.1 Å². The zero-order valence-electron chi connectivity index (χ0n) is 15.5. The van der Waals surface area contributed by atoms with Crippen LogP contribution in [0.2, 0.25) is 0 Å². The summed E-state index contributed by atoms with van der Waals surface area (Å²) in [5.74, 6) is 2.45. The van der Waals surface area contributed by atoms with Gasteiger partial charge in [0.05, 0.1) is 18.7 Å². The highest BCUT2D eigenvalue weighted by Gasteiger charge is 2.49. The molecular weight excluding hydrogens is 330 g/mol. The van der Waals surface area contributed by atoms with Gasteiger partial charge in [0.15, 0.2) is 0 Å². The Hall–Kier alpha value is -2.48. The number of terminal acetylenes is 1. The number of hydrogen-bond donors (Lipinski definition) is 0. The molecule has 138 valence electrons. The van der Waals surface area contributed by atoms with E-state index in [9.17, 15) is 9.59 Å². The van der Waals surface area contributed by atoms with Crippen LogP contribution in [0, 0.1) is 32.1 Å². The number of likely N-dealkylation sites (tertiary alicyclic amines) is 1. The van der Waals surface area contributed by atoms with E-state index in [1.54, 1.807) is 4.90 Å². The second kappa shape index (κ2) is 7.41. The van der Waals surface area contributed by atoms with Crippen LogP contribution in [-0.2, 0) is 9.47 Å². The van der Waals surface area contributed by atoms with Gasteiger partial charge in [-0.15, -0.1) is 6.42 Å². The average Bonchev–Trinajstić information content (AvgIpc) is 3.02. The van der Waals surface area contributed by atoms with Gasteiger partial charge < -0.3 is 9.47 Å². The number of carbonyl (C=O) groups is 2. The van der Waals surface area contributed by atoms with Crippen LogP contribution < -0.4 is 0 Å². The lowest BCUT2D eigenvalue weighted by Gasteiger charge is -2.36. The van der Waals surface area contributed by atoms with Crippen molar-refractivity contribution in [2.45, 2.75) is 57.7 Å². The van der Waals surface area contributed by atoms with Crippen LogP contribution in [0.1, 0.15) is 47.2 Å². The number of esters is 1. The SMILES string of the molecule is C#CC1C[C@H]2[C@@H](OC(=O)c3cc(C)ccc3C)CCC[C@H]2N1C(=O)OC. The Labute approximate surface area is 154 Å². The normalized spacial score (nSPS) is 27.4. The zero-order valence-corrected chi connectivity index (χ0v) is 15.5. The molecule has 1 amide bonds. The highest BCUT2D eigenvalue weighted by Crippen LogP contribution is 2.41. The van der Waals surface area contributed by atoms with Gasteiger partial charge in [-0.25, -0.2) is 9.59 Å². The predicted octanol–water partition coefficient (Wildman–Crippen LogP) is 3.47. The van der Waals surface area contributed by atoms with Crippen molar-refractivity contribution < 1.29 is 19.1 Å². The third-order valence-corrected chi connectivity index (χ3v) is 5.60. The molecule has 0 N–H and O–H groups in total. The van der Waals surface area contributed by atoms with E-state index in [1.165, 1.54) is 7.11 Å². The summed E-state index contributed by atoms with van der Waals surface area (Å²) in [6.07, 6.45) is 8.18. The number of aryl methyl sites for hydroxylation is 2. The van der Waals surface area contributed by atoms with Crippen LogP contribution in [0.5, 0.6) is 0 Å². The van der Waals surface area contributed by atoms with Crippen molar-refractivity contribution in [1.29, 1.82) is 0 Å². The van der Waals surface area contributed by atoms with Gasteiger partial charge in [-0.3, -0.25) is 4.90 Å². The standard InChI is InChI=1S/C21H25NO4/c1-5-15-12-17-18(22(15)21(24)25-4)7-6-8-19(17)26-20(23)16-11-13(2)9-10-14(16)3/h1,9-11,15,17-19H,6-8,12H2,2-4H3/t15?,17-,18-,19+/m1/s1. The Morgan fingerprint density at radius 2 is 2.04 bits per heavy atom. The van der Waals surface area contributed by atoms with Crippen LogP contribution in [-0.4, -0.2) is 42.3 Å². The highest BCUT2D eigenvalue weighted by molar-refractivity contribution is 5.91. The first-order valence-corrected chi connectivity index (χ1v) is 9.07. The number of ether oxygens (including phenoxy) is 2. The van der Waals surface area contributed by atoms with E-state index in [0.29, 0.717) is 12.0 Å². The quantitative estimate of drug-likeness (QED) is 0.602. The molecule has 3 rings (SSSR count). The molecule has 1 aromatic rings. The van der Waals surface area contributed by atoms with Crippen LogP contribution in [0.15, 0.2) is 18.2 Å². The van der Waals surface area contributed by atoms with E-state index in [-0.39, 0.29) is 30.1 Å². The lowest BCUT2D eigenvalue weighted by Crippen LogP contribution is -2.46. The number of hydrogen-bond acceptors (Lipinski definition) is 4. The van der Waals surface area contributed by atoms with Gasteiger partial charge in [-0.1, -0.05) is 23.6 Å². The van der Waals surface area contributed by atoms with Crippen molar-refractivity contribution in [3.8, 4) is 12.3 Å². The third-order valence-electron chi connectivity index (χ3n) is 5.60. The average molecular weight is 355 g/mol. The summed E-state index contributed by atoms with van der Waals surface area (Å²) >= 11 is 0. The van der Waals surface area contributed by atoms with Crippen molar-refractivity contribution in [2.24, 2.45) is 5.92 Å². The Balaban J connectivity index is 1.79. The lowest BCUT2D eigenvalue weighted by molar-refractivity contribution is -0.00735. The molecule has 0 spiro atoms. The maximum Gasteiger partial charge on any atom is 0.410 e. The monoisotopic (exact) mass is 355 g/mol. The van der Waals surface area contributed by atoms with Crippen molar-refractivity contribution in [3.05, 3.63) is 34.9 Å². The fourth-order valence-corrected chi connectivity index (χ4v) is 4.28. The van der Waals surface area contributed by atoms with E-state index < -0.39 is 6.09 Å². The second-order valence-corrected chi connectivity index (χ2v) is 7.22. The first-order chi connectivity index (χ1) is 12.5.